The number of ether oxygens (including phenoxy) is 2. The summed E-state index contributed by atoms with van der Waals surface area (Å²) in [5, 5.41) is 20.9. The van der Waals surface area contributed by atoms with Crippen LogP contribution < -0.4 is 0 Å². The Morgan fingerprint density at radius 2 is 1.08 bits per heavy atom. The molecule has 0 amide bonds. The summed E-state index contributed by atoms with van der Waals surface area (Å²) < 4.78 is 66.4. The van der Waals surface area contributed by atoms with Crippen molar-refractivity contribution >= 4 is 59.1 Å². The minimum Gasteiger partial charge on any atom is -0.466 e. The van der Waals surface area contributed by atoms with Gasteiger partial charge in [-0.2, -0.15) is 8.42 Å². The summed E-state index contributed by atoms with van der Waals surface area (Å²) in [6, 6.07) is 23.9. The maximum Gasteiger partial charge on any atom is 0.311 e. The number of halogens is 4. The maximum absolute atomic E-state index is 14.2. The molecule has 4 aromatic carbocycles. The van der Waals surface area contributed by atoms with Crippen LogP contribution in [0, 0.1) is 35.3 Å². The van der Waals surface area contributed by atoms with Gasteiger partial charge in [0.1, 0.15) is 11.6 Å². The summed E-state index contributed by atoms with van der Waals surface area (Å²) in [5.74, 6) is -2.49. The lowest BCUT2D eigenvalue weighted by molar-refractivity contribution is -0.150. The van der Waals surface area contributed by atoms with Gasteiger partial charge in [0.2, 0.25) is 0 Å². The fourth-order valence-corrected chi connectivity index (χ4v) is 8.44. The van der Waals surface area contributed by atoms with Gasteiger partial charge in [0, 0.05) is 27.7 Å². The van der Waals surface area contributed by atoms with Crippen LogP contribution in [0.3, 0.4) is 0 Å². The van der Waals surface area contributed by atoms with Gasteiger partial charge in [0.15, 0.2) is 0 Å². The van der Waals surface area contributed by atoms with Gasteiger partial charge in [-0.3, -0.25) is 13.8 Å². The Morgan fingerprint density at radius 3 is 1.44 bits per heavy atom. The van der Waals surface area contributed by atoms with Crippen molar-refractivity contribution in [2.24, 2.45) is 23.7 Å². The molecule has 0 aliphatic carbocycles. The van der Waals surface area contributed by atoms with E-state index >= 15 is 0 Å². The van der Waals surface area contributed by atoms with Crippen molar-refractivity contribution in [2.75, 3.05) is 46.7 Å². The predicted molar refractivity (Wildman–Crippen MR) is 254 cm³/mol. The number of benzene rings is 4. The normalized spacial score (nSPS) is 13.3. The molecule has 0 radical (unpaired) electrons. The smallest absolute Gasteiger partial charge is 0.311 e. The zero-order chi connectivity index (χ0) is 47.6. The van der Waals surface area contributed by atoms with Crippen LogP contribution in [0.25, 0.3) is 22.3 Å². The molecular weight excluding hydrogens is 885 g/mol. The molecule has 0 aliphatic heterocycles. The van der Waals surface area contributed by atoms with E-state index in [1.165, 1.54) is 24.3 Å². The summed E-state index contributed by atoms with van der Waals surface area (Å²) >= 11 is 12.0. The van der Waals surface area contributed by atoms with Gasteiger partial charge in [-0.05, 0) is 137 Å². The molecule has 0 aromatic heterocycles. The molecule has 0 bridgehead atoms. The first kappa shape index (κ1) is 54.5. The van der Waals surface area contributed by atoms with E-state index in [0.29, 0.717) is 71.8 Å². The molecule has 0 saturated carbocycles. The quantitative estimate of drug-likeness (QED) is 0.0420. The first-order valence-corrected chi connectivity index (χ1v) is 24.0. The van der Waals surface area contributed by atoms with E-state index in [-0.39, 0.29) is 55.0 Å². The molecule has 0 spiro atoms. The molecule has 4 atom stereocenters. The molecule has 0 fully saturated rings. The third-order valence-electron chi connectivity index (χ3n) is 10.3. The number of carbonyl (C=O) groups is 2. The Hall–Kier alpha value is -3.82. The van der Waals surface area contributed by atoms with Gasteiger partial charge in [0.25, 0.3) is 23.9 Å². The summed E-state index contributed by atoms with van der Waals surface area (Å²) in [7, 11) is 0.148. The minimum atomic E-state index is -3.72. The van der Waals surface area contributed by atoms with Crippen LogP contribution in [-0.2, 0) is 46.2 Å². The molecule has 4 rings (SSSR count). The summed E-state index contributed by atoms with van der Waals surface area (Å²) in [4.78, 5) is 26.8. The molecule has 0 heterocycles. The molecule has 17 heteroatoms. The molecule has 10 nitrogen and oxygen atoms in total. The largest absolute Gasteiger partial charge is 0.466 e. The van der Waals surface area contributed by atoms with E-state index in [9.17, 15) is 36.8 Å². The highest BCUT2D eigenvalue weighted by molar-refractivity contribution is 7.86. The van der Waals surface area contributed by atoms with Gasteiger partial charge in [-0.15, -0.1) is 0 Å². The van der Waals surface area contributed by atoms with E-state index in [1.807, 2.05) is 62.3 Å². The maximum atomic E-state index is 14.2. The first-order valence-electron chi connectivity index (χ1n) is 21.4. The molecular formula is C47H61B2Cl2F2NO9S. The van der Waals surface area contributed by atoms with E-state index in [4.69, 9.17) is 36.9 Å². The summed E-state index contributed by atoms with van der Waals surface area (Å²) in [6.07, 6.45) is 4.07. The van der Waals surface area contributed by atoms with Gasteiger partial charge in [-0.25, -0.2) is 8.78 Å². The molecule has 4 aromatic rings. The van der Waals surface area contributed by atoms with Crippen LogP contribution in [0.4, 0.5) is 8.78 Å². The Balaban J connectivity index is 0.000000341. The average Bonchev–Trinajstić information content (AvgIpc) is 3.21. The highest BCUT2D eigenvalue weighted by Crippen LogP contribution is 2.31. The third kappa shape index (κ3) is 19.7. The SMILES string of the molecule is CCOC(=O)[C@@H](C[C@H](CB(C)O)Cc1ccc(-c2cc(Cl)ccc2F)cc1)CN(C)C.CCOC(=O)[C@H](COS(C)(=O)=O)C[C@H](CB(C)O)Cc1ccc(-c2cc(Cl)ccc2F)cc1. The average molecular weight is 947 g/mol. The van der Waals surface area contributed by atoms with Gasteiger partial charge >= 0.3 is 11.9 Å². The second-order valence-corrected chi connectivity index (χ2v) is 19.1. The van der Waals surface area contributed by atoms with E-state index in [1.54, 1.807) is 44.8 Å². The molecule has 0 unspecified atom stereocenters. The van der Waals surface area contributed by atoms with Crippen molar-refractivity contribution in [3.63, 3.8) is 0 Å². The molecule has 64 heavy (non-hydrogen) atoms. The fraction of sp³-hybridized carbons (Fsp3) is 0.447. The number of hydrogen-bond donors (Lipinski definition) is 2. The van der Waals surface area contributed by atoms with Crippen LogP contribution >= 0.6 is 23.2 Å². The van der Waals surface area contributed by atoms with Gasteiger partial charge < -0.3 is 24.4 Å². The molecule has 2 N–H and O–H groups in total. The van der Waals surface area contributed by atoms with Crippen molar-refractivity contribution in [1.29, 1.82) is 0 Å². The zero-order valence-electron chi connectivity index (χ0n) is 37.7. The van der Waals surface area contributed by atoms with Crippen LogP contribution in [0.1, 0.15) is 37.8 Å². The Morgan fingerprint density at radius 1 is 0.688 bits per heavy atom. The van der Waals surface area contributed by atoms with Crippen LogP contribution in [0.15, 0.2) is 84.9 Å². The van der Waals surface area contributed by atoms with E-state index < -0.39 is 35.8 Å². The number of hydrogen-bond acceptors (Lipinski definition) is 10. The Kier molecular flexibility index (Phi) is 23.0. The van der Waals surface area contributed by atoms with Gasteiger partial charge in [-0.1, -0.05) is 85.4 Å². The Bertz CT molecular complexity index is 2180. The monoisotopic (exact) mass is 945 g/mol. The number of esters is 2. The van der Waals surface area contributed by atoms with Crippen LogP contribution in [0.2, 0.25) is 36.3 Å². The van der Waals surface area contributed by atoms with Crippen LogP contribution in [-0.4, -0.2) is 95.9 Å². The first-order chi connectivity index (χ1) is 30.2. The summed E-state index contributed by atoms with van der Waals surface area (Å²) in [6.45, 7) is 6.62. The highest BCUT2D eigenvalue weighted by atomic mass is 35.5. The number of carbonyl (C=O) groups excluding carboxylic acids is 2. The van der Waals surface area contributed by atoms with Crippen molar-refractivity contribution in [2.45, 2.75) is 65.8 Å². The zero-order valence-corrected chi connectivity index (χ0v) is 40.1. The highest BCUT2D eigenvalue weighted by Gasteiger charge is 2.29. The molecule has 348 valence electrons. The van der Waals surface area contributed by atoms with Crippen molar-refractivity contribution in [3.8, 4) is 22.3 Å². The van der Waals surface area contributed by atoms with Gasteiger partial charge in [0.05, 0.1) is 37.9 Å². The standard InChI is InChI=1S/C24H32BClFNO3.C23H29BClFO6S/c1-5-31-24(29)20(16-28(3)4)13-18(15-25(2)30)12-17-6-8-19(9-7-17)22-14-21(26)10-11-23(22)27;1-4-31-23(27)19(15-32-33(3,29)30)12-17(14-24(2)28)11-16-5-7-18(8-6-16)21-13-20(25)9-10-22(21)26/h6-11,14,18,20,30H,5,12-13,15-16H2,1-4H3;5-10,13,17,19,28H,4,11-12,14-15H2,1-3H3/t18-,20+;17-,19+/m11/s1. The van der Waals surface area contributed by atoms with Crippen molar-refractivity contribution in [3.05, 3.63) is 118 Å². The van der Waals surface area contributed by atoms with Crippen LogP contribution in [0.5, 0.6) is 0 Å². The van der Waals surface area contributed by atoms with Crippen molar-refractivity contribution in [1.82, 2.24) is 4.90 Å². The Labute approximate surface area is 389 Å². The summed E-state index contributed by atoms with van der Waals surface area (Å²) in [5.41, 5.74) is 4.30. The lowest BCUT2D eigenvalue weighted by atomic mass is 9.62. The van der Waals surface area contributed by atoms with Crippen molar-refractivity contribution < 1.29 is 50.5 Å². The van der Waals surface area contributed by atoms with E-state index in [0.717, 1.165) is 22.9 Å². The third-order valence-corrected chi connectivity index (χ3v) is 11.4. The minimum absolute atomic E-state index is 0.114. The molecule has 0 aliphatic rings. The van der Waals surface area contributed by atoms with E-state index in [2.05, 4.69) is 0 Å². The lowest BCUT2D eigenvalue weighted by Crippen LogP contribution is -2.32. The molecule has 0 saturated heterocycles. The number of rotatable bonds is 23. The lowest BCUT2D eigenvalue weighted by Gasteiger charge is -2.25. The predicted octanol–water partition coefficient (Wildman–Crippen LogP) is 9.51. The second-order valence-electron chi connectivity index (χ2n) is 16.6. The number of nitrogens with zero attached hydrogens (tertiary/aromatic N) is 1. The fourth-order valence-electron chi connectivity index (χ4n) is 7.68. The topological polar surface area (TPSA) is 140 Å². The second kappa shape index (κ2) is 27.0.